The lowest BCUT2D eigenvalue weighted by Crippen LogP contribution is -2.15. The predicted octanol–water partition coefficient (Wildman–Crippen LogP) is 2.07. The van der Waals surface area contributed by atoms with E-state index in [1.54, 1.807) is 26.8 Å². The van der Waals surface area contributed by atoms with E-state index < -0.39 is 16.0 Å². The molecule has 0 aliphatic rings. The number of carbonyl (C=O) groups is 1. The van der Waals surface area contributed by atoms with Gasteiger partial charge in [-0.05, 0) is 26.8 Å². The molecule has 0 aliphatic carbocycles. The van der Waals surface area contributed by atoms with Crippen LogP contribution in [-0.4, -0.2) is 31.0 Å². The zero-order valence-electron chi connectivity index (χ0n) is 11.8. The summed E-state index contributed by atoms with van der Waals surface area (Å²) in [5.41, 5.74) is 0.208. The van der Waals surface area contributed by atoms with Gasteiger partial charge in [-0.3, -0.25) is 4.72 Å². The van der Waals surface area contributed by atoms with Crippen molar-refractivity contribution in [2.45, 2.75) is 25.8 Å². The van der Waals surface area contributed by atoms with Crippen molar-refractivity contribution in [1.29, 1.82) is 0 Å². The standard InChI is InChI=1S/C12H15N3O4S2/c1-4-19-12(16)9-5-7(2)20-11(9)15-21(17,18)10-6-13-8(3)14-10/h5-6,15H,4H2,1-3H3,(H,13,14). The van der Waals surface area contributed by atoms with Gasteiger partial charge in [-0.15, -0.1) is 11.3 Å². The highest BCUT2D eigenvalue weighted by atomic mass is 32.2. The Morgan fingerprint density at radius 3 is 2.76 bits per heavy atom. The lowest BCUT2D eigenvalue weighted by atomic mass is 10.3. The van der Waals surface area contributed by atoms with E-state index in [0.29, 0.717) is 5.82 Å². The zero-order valence-corrected chi connectivity index (χ0v) is 13.4. The molecule has 0 radical (unpaired) electrons. The third-order valence-corrected chi connectivity index (χ3v) is 4.90. The highest BCUT2D eigenvalue weighted by Gasteiger charge is 2.23. The van der Waals surface area contributed by atoms with Gasteiger partial charge in [0.05, 0.1) is 18.4 Å². The molecule has 9 heteroatoms. The van der Waals surface area contributed by atoms with Crippen LogP contribution >= 0.6 is 11.3 Å². The number of hydrogen-bond donors (Lipinski definition) is 2. The first kappa shape index (κ1) is 15.5. The number of imidazole rings is 1. The molecule has 0 saturated heterocycles. The van der Waals surface area contributed by atoms with E-state index in [4.69, 9.17) is 4.74 Å². The molecule has 0 amide bonds. The molecule has 2 N–H and O–H groups in total. The molecule has 2 heterocycles. The number of hydrogen-bond acceptors (Lipinski definition) is 6. The average Bonchev–Trinajstić information content (AvgIpc) is 2.96. The van der Waals surface area contributed by atoms with Crippen LogP contribution in [0.15, 0.2) is 17.3 Å². The smallest absolute Gasteiger partial charge is 0.341 e. The minimum absolute atomic E-state index is 0.0548. The molecule has 0 aliphatic heterocycles. The van der Waals surface area contributed by atoms with E-state index in [1.807, 2.05) is 0 Å². The van der Waals surface area contributed by atoms with Crippen molar-refractivity contribution in [1.82, 2.24) is 9.97 Å². The Morgan fingerprint density at radius 1 is 1.48 bits per heavy atom. The van der Waals surface area contributed by atoms with Gasteiger partial charge >= 0.3 is 5.97 Å². The number of aryl methyl sites for hydroxylation is 2. The van der Waals surface area contributed by atoms with Crippen LogP contribution in [-0.2, 0) is 14.8 Å². The number of aromatic amines is 1. The maximum Gasteiger partial charge on any atom is 0.341 e. The Morgan fingerprint density at radius 2 is 2.19 bits per heavy atom. The van der Waals surface area contributed by atoms with E-state index in [9.17, 15) is 13.2 Å². The molecule has 0 unspecified atom stereocenters. The quantitative estimate of drug-likeness (QED) is 0.818. The van der Waals surface area contributed by atoms with Crippen LogP contribution in [0.2, 0.25) is 0 Å². The number of anilines is 1. The van der Waals surface area contributed by atoms with Crippen LogP contribution in [0.4, 0.5) is 5.00 Å². The van der Waals surface area contributed by atoms with Crippen molar-refractivity contribution < 1.29 is 17.9 Å². The van der Waals surface area contributed by atoms with Crippen molar-refractivity contribution in [2.75, 3.05) is 11.3 Å². The summed E-state index contributed by atoms with van der Waals surface area (Å²) < 4.78 is 31.8. The first-order chi connectivity index (χ1) is 9.83. The Balaban J connectivity index is 2.33. The molecule has 2 rings (SSSR count). The van der Waals surface area contributed by atoms with Crippen molar-refractivity contribution in [3.63, 3.8) is 0 Å². The number of esters is 1. The maximum atomic E-state index is 12.2. The number of thiophene rings is 1. The summed E-state index contributed by atoms with van der Waals surface area (Å²) in [6, 6.07) is 1.60. The minimum Gasteiger partial charge on any atom is -0.462 e. The van der Waals surface area contributed by atoms with Crippen LogP contribution < -0.4 is 4.72 Å². The fourth-order valence-corrected chi connectivity index (χ4v) is 3.85. The molecule has 21 heavy (non-hydrogen) atoms. The first-order valence-corrected chi connectivity index (χ1v) is 8.45. The third kappa shape index (κ3) is 3.42. The van der Waals surface area contributed by atoms with E-state index in [-0.39, 0.29) is 22.2 Å². The lowest BCUT2D eigenvalue weighted by Gasteiger charge is -2.06. The van der Waals surface area contributed by atoms with Gasteiger partial charge in [0.2, 0.25) is 0 Å². The maximum absolute atomic E-state index is 12.2. The number of ether oxygens (including phenoxy) is 1. The van der Waals surface area contributed by atoms with Gasteiger partial charge < -0.3 is 9.72 Å². The molecule has 0 atom stereocenters. The molecular formula is C12H15N3O4S2. The number of rotatable bonds is 5. The SMILES string of the molecule is CCOC(=O)c1cc(C)sc1NS(=O)(=O)c1cnc(C)[nH]1. The van der Waals surface area contributed by atoms with Gasteiger partial charge in [0.15, 0.2) is 5.03 Å². The largest absolute Gasteiger partial charge is 0.462 e. The predicted molar refractivity (Wildman–Crippen MR) is 79.1 cm³/mol. The van der Waals surface area contributed by atoms with E-state index in [0.717, 1.165) is 4.88 Å². The molecule has 0 spiro atoms. The van der Waals surface area contributed by atoms with Crippen molar-refractivity contribution >= 4 is 32.3 Å². The average molecular weight is 329 g/mol. The summed E-state index contributed by atoms with van der Waals surface area (Å²) >= 11 is 1.17. The molecule has 114 valence electrons. The van der Waals surface area contributed by atoms with Crippen molar-refractivity contribution in [3.05, 3.63) is 28.5 Å². The number of aromatic nitrogens is 2. The normalized spacial score (nSPS) is 11.4. The van der Waals surface area contributed by atoms with Crippen molar-refractivity contribution in [2.24, 2.45) is 0 Å². The van der Waals surface area contributed by atoms with Crippen LogP contribution in [0.5, 0.6) is 0 Å². The summed E-state index contributed by atoms with van der Waals surface area (Å²) in [5, 5.41) is 0.180. The summed E-state index contributed by atoms with van der Waals surface area (Å²) in [7, 11) is -3.82. The minimum atomic E-state index is -3.82. The molecule has 7 nitrogen and oxygen atoms in total. The van der Waals surface area contributed by atoms with E-state index >= 15 is 0 Å². The highest BCUT2D eigenvalue weighted by molar-refractivity contribution is 7.92. The lowest BCUT2D eigenvalue weighted by molar-refractivity contribution is 0.0528. The molecule has 0 bridgehead atoms. The van der Waals surface area contributed by atoms with Crippen LogP contribution in [0, 0.1) is 13.8 Å². The number of nitrogens with zero attached hydrogens (tertiary/aromatic N) is 1. The van der Waals surface area contributed by atoms with Gasteiger partial charge in [-0.1, -0.05) is 0 Å². The van der Waals surface area contributed by atoms with Gasteiger partial charge in [0.25, 0.3) is 10.0 Å². The molecule has 2 aromatic rings. The Bertz CT molecular complexity index is 761. The van der Waals surface area contributed by atoms with Gasteiger partial charge in [-0.2, -0.15) is 8.42 Å². The molecular weight excluding hydrogens is 314 g/mol. The molecule has 0 aromatic carbocycles. The van der Waals surface area contributed by atoms with E-state index in [1.165, 1.54) is 17.5 Å². The number of sulfonamides is 1. The topological polar surface area (TPSA) is 101 Å². The van der Waals surface area contributed by atoms with Crippen LogP contribution in [0.25, 0.3) is 0 Å². The fourth-order valence-electron chi connectivity index (χ4n) is 1.66. The number of nitrogens with one attached hydrogen (secondary N) is 2. The summed E-state index contributed by atoms with van der Waals surface area (Å²) in [5.74, 6) is -0.0660. The van der Waals surface area contributed by atoms with Crippen molar-refractivity contribution in [3.8, 4) is 0 Å². The number of carbonyl (C=O) groups excluding carboxylic acids is 1. The van der Waals surface area contributed by atoms with Gasteiger partial charge in [-0.25, -0.2) is 9.78 Å². The Labute approximate surface area is 126 Å². The molecule has 2 aromatic heterocycles. The number of H-pyrrole nitrogens is 1. The highest BCUT2D eigenvalue weighted by Crippen LogP contribution is 2.30. The Kier molecular flexibility index (Phi) is 4.33. The van der Waals surface area contributed by atoms with Gasteiger partial charge in [0.1, 0.15) is 10.8 Å². The zero-order chi connectivity index (χ0) is 15.6. The van der Waals surface area contributed by atoms with Crippen LogP contribution in [0.3, 0.4) is 0 Å². The second kappa shape index (κ2) is 5.86. The summed E-state index contributed by atoms with van der Waals surface area (Å²) in [4.78, 5) is 19.1. The summed E-state index contributed by atoms with van der Waals surface area (Å²) in [6.07, 6.45) is 1.22. The fraction of sp³-hybridized carbons (Fsp3) is 0.333. The third-order valence-electron chi connectivity index (χ3n) is 2.55. The second-order valence-corrected chi connectivity index (χ2v) is 7.17. The van der Waals surface area contributed by atoms with Crippen LogP contribution in [0.1, 0.15) is 28.0 Å². The Hall–Kier alpha value is -1.87. The first-order valence-electron chi connectivity index (χ1n) is 6.15. The van der Waals surface area contributed by atoms with E-state index in [2.05, 4.69) is 14.7 Å². The monoisotopic (exact) mass is 329 g/mol. The van der Waals surface area contributed by atoms with Gasteiger partial charge in [0, 0.05) is 4.88 Å². The second-order valence-electron chi connectivity index (χ2n) is 4.26. The molecule has 0 saturated carbocycles. The summed E-state index contributed by atoms with van der Waals surface area (Å²) in [6.45, 7) is 5.35. The molecule has 0 fully saturated rings.